The summed E-state index contributed by atoms with van der Waals surface area (Å²) in [6.07, 6.45) is 4.31. The maximum Gasteiger partial charge on any atom is 0.325 e. The van der Waals surface area contributed by atoms with Gasteiger partial charge >= 0.3 is 5.97 Å². The van der Waals surface area contributed by atoms with Gasteiger partial charge in [0.05, 0.1) is 25.1 Å². The van der Waals surface area contributed by atoms with Crippen LogP contribution in [0.3, 0.4) is 0 Å². The number of hydrogen-bond donors (Lipinski definition) is 0. The molecule has 0 saturated carbocycles. The molecule has 0 amide bonds. The number of rotatable bonds is 6. The molecule has 136 valence electrons. The molecule has 26 heavy (non-hydrogen) atoms. The number of methoxy groups -OCH3 is 1. The molecule has 3 rings (SSSR count). The molecule has 0 spiro atoms. The number of carbonyl (C=O) groups is 1. The van der Waals surface area contributed by atoms with Crippen molar-refractivity contribution in [2.24, 2.45) is 5.16 Å². The van der Waals surface area contributed by atoms with Gasteiger partial charge in [-0.05, 0) is 32.3 Å². The van der Waals surface area contributed by atoms with Crippen molar-refractivity contribution in [2.45, 2.75) is 45.9 Å². The molecule has 0 fully saturated rings. The fourth-order valence-electron chi connectivity index (χ4n) is 3.05. The van der Waals surface area contributed by atoms with Crippen molar-refractivity contribution in [3.05, 3.63) is 34.9 Å². The Labute approximate surface area is 150 Å². The second-order valence-corrected chi connectivity index (χ2v) is 6.04. The summed E-state index contributed by atoms with van der Waals surface area (Å²) in [6.45, 7) is 2.50. The highest BCUT2D eigenvalue weighted by Gasteiger charge is 2.23. The fraction of sp³-hybridized carbons (Fsp3) is 0.471. The molecule has 0 saturated heterocycles. The van der Waals surface area contributed by atoms with Crippen molar-refractivity contribution in [1.29, 1.82) is 5.26 Å². The predicted molar refractivity (Wildman–Crippen MR) is 91.1 cm³/mol. The van der Waals surface area contributed by atoms with Gasteiger partial charge in [0.2, 0.25) is 0 Å². The van der Waals surface area contributed by atoms with E-state index in [0.717, 1.165) is 41.9 Å². The first-order valence-corrected chi connectivity index (χ1v) is 8.33. The lowest BCUT2D eigenvalue weighted by Crippen LogP contribution is -2.19. The summed E-state index contributed by atoms with van der Waals surface area (Å²) in [4.78, 5) is 17.1. The molecule has 0 aromatic carbocycles. The summed E-state index contributed by atoms with van der Waals surface area (Å²) in [5.74, 6) is -0.271. The molecule has 2 aromatic rings. The number of nitriles is 1. The van der Waals surface area contributed by atoms with Gasteiger partial charge in [0.25, 0.3) is 0 Å². The van der Waals surface area contributed by atoms with E-state index in [0.29, 0.717) is 5.69 Å². The van der Waals surface area contributed by atoms with Gasteiger partial charge in [0, 0.05) is 17.0 Å². The quantitative estimate of drug-likeness (QED) is 0.571. The zero-order chi connectivity index (χ0) is 18.5. The van der Waals surface area contributed by atoms with Crippen molar-refractivity contribution in [3.8, 4) is 6.07 Å². The van der Waals surface area contributed by atoms with Crippen LogP contribution in [-0.4, -0.2) is 38.4 Å². The van der Waals surface area contributed by atoms with Crippen molar-refractivity contribution in [3.63, 3.8) is 0 Å². The molecule has 1 aliphatic rings. The van der Waals surface area contributed by atoms with E-state index in [4.69, 9.17) is 14.8 Å². The van der Waals surface area contributed by atoms with Gasteiger partial charge in [-0.1, -0.05) is 10.4 Å². The lowest BCUT2D eigenvalue weighted by Gasteiger charge is -2.17. The smallest absolute Gasteiger partial charge is 0.325 e. The number of nitrogens with zero attached hydrogens (tertiary/aromatic N) is 6. The number of oxime groups is 1. The summed E-state index contributed by atoms with van der Waals surface area (Å²) in [6, 6.07) is 4.03. The molecule has 0 unspecified atom stereocenters. The zero-order valence-corrected chi connectivity index (χ0v) is 14.8. The molecular weight excluding hydrogens is 336 g/mol. The first-order valence-electron chi connectivity index (χ1n) is 8.33. The Kier molecular flexibility index (Phi) is 5.31. The molecule has 0 N–H and O–H groups in total. The number of hydrogen-bond acceptors (Lipinski definition) is 7. The Morgan fingerprint density at radius 2 is 2.31 bits per heavy atom. The van der Waals surface area contributed by atoms with E-state index in [1.165, 1.54) is 11.8 Å². The van der Waals surface area contributed by atoms with E-state index in [9.17, 15) is 4.79 Å². The van der Waals surface area contributed by atoms with E-state index in [1.54, 1.807) is 6.20 Å². The average molecular weight is 356 g/mol. The summed E-state index contributed by atoms with van der Waals surface area (Å²) in [5, 5.41) is 20.7. The van der Waals surface area contributed by atoms with Crippen LogP contribution in [0.5, 0.6) is 0 Å². The number of ether oxygens (including phenoxy) is 1. The normalized spacial score (nSPS) is 14.7. The van der Waals surface area contributed by atoms with Crippen LogP contribution in [0.4, 0.5) is 0 Å². The summed E-state index contributed by atoms with van der Waals surface area (Å²) >= 11 is 0. The highest BCUT2D eigenvalue weighted by Crippen LogP contribution is 2.26. The number of esters is 1. The Balaban J connectivity index is 1.72. The SMILES string of the molecule is COC(=O)Cn1c(C)cc2c1CCC/C2=N\OCc1cn(CC#N)nn1. The standard InChI is InChI=1S/C17H20N6O3/c1-12-8-14-15(4-3-5-16(14)23(12)10-17(24)25-2)20-26-11-13-9-22(7-6-18)21-19-13/h8-9H,3-5,7,10-11H2,1-2H3/b20-15+. The molecule has 9 nitrogen and oxygen atoms in total. The van der Waals surface area contributed by atoms with Crippen molar-refractivity contribution >= 4 is 11.7 Å². The minimum absolute atomic E-state index is 0.151. The lowest BCUT2D eigenvalue weighted by molar-refractivity contribution is -0.141. The molecule has 1 aliphatic carbocycles. The minimum Gasteiger partial charge on any atom is -0.468 e. The summed E-state index contributed by atoms with van der Waals surface area (Å²) in [5.41, 5.74) is 4.57. The fourth-order valence-corrected chi connectivity index (χ4v) is 3.05. The molecule has 2 heterocycles. The first-order chi connectivity index (χ1) is 12.6. The van der Waals surface area contributed by atoms with Crippen LogP contribution < -0.4 is 0 Å². The van der Waals surface area contributed by atoms with Crippen LogP contribution in [0.2, 0.25) is 0 Å². The van der Waals surface area contributed by atoms with Gasteiger partial charge in [-0.3, -0.25) is 4.79 Å². The van der Waals surface area contributed by atoms with Crippen molar-refractivity contribution in [1.82, 2.24) is 19.6 Å². The second kappa shape index (κ2) is 7.82. The first kappa shape index (κ1) is 17.7. The molecular formula is C17H20N6O3. The summed E-state index contributed by atoms with van der Waals surface area (Å²) in [7, 11) is 1.39. The largest absolute Gasteiger partial charge is 0.468 e. The van der Waals surface area contributed by atoms with E-state index in [-0.39, 0.29) is 25.7 Å². The van der Waals surface area contributed by atoms with Crippen molar-refractivity contribution < 1.29 is 14.4 Å². The van der Waals surface area contributed by atoms with Crippen LogP contribution >= 0.6 is 0 Å². The van der Waals surface area contributed by atoms with Crippen LogP contribution in [0, 0.1) is 18.3 Å². The van der Waals surface area contributed by atoms with Gasteiger partial charge in [0.15, 0.2) is 6.61 Å². The van der Waals surface area contributed by atoms with Gasteiger partial charge in [-0.2, -0.15) is 5.26 Å². The highest BCUT2D eigenvalue weighted by atomic mass is 16.6. The number of aromatic nitrogens is 4. The number of aryl methyl sites for hydroxylation is 1. The molecule has 0 atom stereocenters. The predicted octanol–water partition coefficient (Wildman–Crippen LogP) is 1.34. The maximum absolute atomic E-state index is 11.6. The third-order valence-electron chi connectivity index (χ3n) is 4.27. The minimum atomic E-state index is -0.271. The van der Waals surface area contributed by atoms with Gasteiger partial charge in [-0.15, -0.1) is 5.10 Å². The van der Waals surface area contributed by atoms with E-state index in [2.05, 4.69) is 15.5 Å². The van der Waals surface area contributed by atoms with Crippen LogP contribution in [0.1, 0.15) is 35.5 Å². The van der Waals surface area contributed by atoms with Crippen LogP contribution in [0.25, 0.3) is 0 Å². The molecule has 2 aromatic heterocycles. The van der Waals surface area contributed by atoms with E-state index in [1.807, 2.05) is 23.6 Å². The Morgan fingerprint density at radius 1 is 1.46 bits per heavy atom. The second-order valence-electron chi connectivity index (χ2n) is 6.04. The molecule has 0 bridgehead atoms. The Hall–Kier alpha value is -3.15. The monoisotopic (exact) mass is 356 g/mol. The number of fused-ring (bicyclic) bond motifs is 1. The molecule has 0 radical (unpaired) electrons. The third kappa shape index (κ3) is 3.74. The van der Waals surface area contributed by atoms with Crippen molar-refractivity contribution in [2.75, 3.05) is 7.11 Å². The molecule has 9 heteroatoms. The zero-order valence-electron chi connectivity index (χ0n) is 14.8. The van der Waals surface area contributed by atoms with Crippen LogP contribution in [0.15, 0.2) is 17.4 Å². The van der Waals surface area contributed by atoms with E-state index < -0.39 is 0 Å². The third-order valence-corrected chi connectivity index (χ3v) is 4.27. The van der Waals surface area contributed by atoms with Gasteiger partial charge in [-0.25, -0.2) is 4.68 Å². The average Bonchev–Trinajstić information content (AvgIpc) is 3.20. The van der Waals surface area contributed by atoms with Crippen LogP contribution in [-0.2, 0) is 40.5 Å². The summed E-state index contributed by atoms with van der Waals surface area (Å²) < 4.78 is 8.20. The Morgan fingerprint density at radius 3 is 3.08 bits per heavy atom. The van der Waals surface area contributed by atoms with E-state index >= 15 is 0 Å². The van der Waals surface area contributed by atoms with Gasteiger partial charge in [0.1, 0.15) is 18.8 Å². The molecule has 0 aliphatic heterocycles. The van der Waals surface area contributed by atoms with Gasteiger partial charge < -0.3 is 14.1 Å². The Bertz CT molecular complexity index is 874. The maximum atomic E-state index is 11.6. The number of carbonyl (C=O) groups excluding carboxylic acids is 1. The highest BCUT2D eigenvalue weighted by molar-refractivity contribution is 6.02. The lowest BCUT2D eigenvalue weighted by atomic mass is 9.96. The topological polar surface area (TPSA) is 107 Å².